The van der Waals surface area contributed by atoms with Crippen molar-refractivity contribution < 1.29 is 9.53 Å². The second-order valence-corrected chi connectivity index (χ2v) is 8.51. The molecule has 34 heavy (non-hydrogen) atoms. The van der Waals surface area contributed by atoms with Crippen molar-refractivity contribution in [2.75, 3.05) is 37.4 Å². The van der Waals surface area contributed by atoms with Gasteiger partial charge in [0.25, 0.3) is 0 Å². The van der Waals surface area contributed by atoms with Gasteiger partial charge in [0.2, 0.25) is 5.91 Å². The number of anilines is 2. The first kappa shape index (κ1) is 23.7. The Morgan fingerprint density at radius 1 is 1.15 bits per heavy atom. The van der Waals surface area contributed by atoms with E-state index in [4.69, 9.17) is 4.74 Å². The van der Waals surface area contributed by atoms with Crippen molar-refractivity contribution >= 4 is 28.3 Å². The summed E-state index contributed by atoms with van der Waals surface area (Å²) in [4.78, 5) is 24.1. The van der Waals surface area contributed by atoms with Gasteiger partial charge in [-0.3, -0.25) is 4.79 Å². The molecule has 1 aliphatic carbocycles. The van der Waals surface area contributed by atoms with Crippen LogP contribution in [0.2, 0.25) is 0 Å². The van der Waals surface area contributed by atoms with Gasteiger partial charge in [-0.1, -0.05) is 50.3 Å². The monoisotopic (exact) mass is 459 g/mol. The van der Waals surface area contributed by atoms with E-state index in [1.807, 2.05) is 30.3 Å². The number of methoxy groups -OCH3 is 1. The zero-order valence-corrected chi connectivity index (χ0v) is 20.2. The van der Waals surface area contributed by atoms with Gasteiger partial charge < -0.3 is 20.3 Å². The number of nitrogens with one attached hydrogen (secondary N) is 2. The quantitative estimate of drug-likeness (QED) is 0.395. The molecule has 0 bridgehead atoms. The summed E-state index contributed by atoms with van der Waals surface area (Å²) < 4.78 is 5.36. The van der Waals surface area contributed by atoms with Gasteiger partial charge in [-0.2, -0.15) is 9.97 Å². The Labute approximate surface area is 201 Å². The topological polar surface area (TPSA) is 79.4 Å². The number of rotatable bonds is 11. The number of ether oxygens (including phenoxy) is 1. The van der Waals surface area contributed by atoms with Gasteiger partial charge in [0.15, 0.2) is 0 Å². The Morgan fingerprint density at radius 2 is 1.91 bits per heavy atom. The Bertz CT molecular complexity index is 1150. The molecule has 1 aromatic heterocycles. The van der Waals surface area contributed by atoms with E-state index in [-0.39, 0.29) is 5.91 Å². The molecule has 0 aliphatic heterocycles. The van der Waals surface area contributed by atoms with E-state index < -0.39 is 0 Å². The highest BCUT2D eigenvalue weighted by Crippen LogP contribution is 2.45. The maximum Gasteiger partial charge on any atom is 0.318 e. The molecule has 178 valence electrons. The first-order chi connectivity index (χ1) is 16.6. The molecule has 2 aromatic carbocycles. The summed E-state index contributed by atoms with van der Waals surface area (Å²) in [6.07, 6.45) is 5.78. The number of nitrogens with zero attached hydrogens (tertiary/aromatic N) is 3. The molecule has 7 heteroatoms. The minimum Gasteiger partial charge on any atom is -0.467 e. The van der Waals surface area contributed by atoms with E-state index in [0.29, 0.717) is 24.3 Å². The summed E-state index contributed by atoms with van der Waals surface area (Å²) >= 11 is 0. The lowest BCUT2D eigenvalue weighted by molar-refractivity contribution is -0.111. The molecular formula is C27H33N5O2. The molecule has 1 fully saturated rings. The fraction of sp³-hybridized carbons (Fsp3) is 0.370. The number of carbonyl (C=O) groups is 1. The van der Waals surface area contributed by atoms with Crippen LogP contribution in [0.1, 0.15) is 43.7 Å². The van der Waals surface area contributed by atoms with Crippen LogP contribution in [0.3, 0.4) is 0 Å². The van der Waals surface area contributed by atoms with Crippen LogP contribution in [0.4, 0.5) is 11.5 Å². The standard InChI is InChI=1S/C27H33N5O2/c1-4-32(5-2)15-9-12-25(33)29-23-17-22-24(16-21(23)20-13-14-20)30-27(34-3)31-26(22)28-18-19-10-7-6-8-11-19/h6-12,16-17,20H,4-5,13-15,18H2,1-3H3,(H,29,33)(H,28,30,31). The van der Waals surface area contributed by atoms with Gasteiger partial charge in [-0.05, 0) is 55.1 Å². The fourth-order valence-corrected chi connectivity index (χ4v) is 3.98. The Morgan fingerprint density at radius 3 is 2.59 bits per heavy atom. The summed E-state index contributed by atoms with van der Waals surface area (Å²) in [7, 11) is 1.57. The number of hydrogen-bond acceptors (Lipinski definition) is 6. The van der Waals surface area contributed by atoms with Crippen molar-refractivity contribution in [1.82, 2.24) is 14.9 Å². The number of carbonyl (C=O) groups excluding carboxylic acids is 1. The Kier molecular flexibility index (Phi) is 7.75. The zero-order chi connectivity index (χ0) is 23.9. The summed E-state index contributed by atoms with van der Waals surface area (Å²) in [6.45, 7) is 7.54. The molecule has 1 heterocycles. The maximum atomic E-state index is 12.7. The van der Waals surface area contributed by atoms with Crippen molar-refractivity contribution in [2.45, 2.75) is 39.2 Å². The SMILES string of the molecule is CCN(CC)CC=CC(=O)Nc1cc2c(NCc3ccccc3)nc(OC)nc2cc1C1CC1. The molecule has 0 spiro atoms. The lowest BCUT2D eigenvalue weighted by Crippen LogP contribution is -2.23. The third kappa shape index (κ3) is 5.91. The first-order valence-corrected chi connectivity index (χ1v) is 12.0. The van der Waals surface area contributed by atoms with Gasteiger partial charge in [0.1, 0.15) is 5.82 Å². The molecule has 1 amide bonds. The average molecular weight is 460 g/mol. The second kappa shape index (κ2) is 11.1. The third-order valence-corrected chi connectivity index (χ3v) is 6.13. The van der Waals surface area contributed by atoms with E-state index in [9.17, 15) is 4.79 Å². The lowest BCUT2D eigenvalue weighted by Gasteiger charge is -2.16. The minimum atomic E-state index is -0.123. The largest absolute Gasteiger partial charge is 0.467 e. The van der Waals surface area contributed by atoms with Crippen molar-refractivity contribution in [3.8, 4) is 6.01 Å². The summed E-state index contributed by atoms with van der Waals surface area (Å²) in [6, 6.07) is 14.5. The number of benzene rings is 2. The number of fused-ring (bicyclic) bond motifs is 1. The lowest BCUT2D eigenvalue weighted by atomic mass is 10.0. The smallest absolute Gasteiger partial charge is 0.318 e. The second-order valence-electron chi connectivity index (χ2n) is 8.51. The van der Waals surface area contributed by atoms with Crippen LogP contribution in [0.25, 0.3) is 10.9 Å². The summed E-state index contributed by atoms with van der Waals surface area (Å²) in [5.74, 6) is 1.00. The third-order valence-electron chi connectivity index (χ3n) is 6.13. The van der Waals surface area contributed by atoms with Crippen LogP contribution in [-0.2, 0) is 11.3 Å². The van der Waals surface area contributed by atoms with Crippen molar-refractivity contribution in [3.63, 3.8) is 0 Å². The number of aromatic nitrogens is 2. The molecule has 2 N–H and O–H groups in total. The maximum absolute atomic E-state index is 12.7. The van der Waals surface area contributed by atoms with E-state index in [1.54, 1.807) is 13.2 Å². The molecule has 0 unspecified atom stereocenters. The number of hydrogen-bond donors (Lipinski definition) is 2. The van der Waals surface area contributed by atoms with Crippen molar-refractivity contribution in [1.29, 1.82) is 0 Å². The molecule has 0 atom stereocenters. The summed E-state index contributed by atoms with van der Waals surface area (Å²) in [5, 5.41) is 7.37. The molecule has 0 radical (unpaired) electrons. The molecular weight excluding hydrogens is 426 g/mol. The molecule has 1 saturated carbocycles. The highest BCUT2D eigenvalue weighted by molar-refractivity contribution is 6.02. The normalized spacial score (nSPS) is 13.5. The first-order valence-electron chi connectivity index (χ1n) is 12.0. The van der Waals surface area contributed by atoms with Crippen molar-refractivity contribution in [2.24, 2.45) is 0 Å². The van der Waals surface area contributed by atoms with Gasteiger partial charge in [0, 0.05) is 30.2 Å². The van der Waals surface area contributed by atoms with E-state index >= 15 is 0 Å². The highest BCUT2D eigenvalue weighted by Gasteiger charge is 2.28. The van der Waals surface area contributed by atoms with Crippen LogP contribution in [0.5, 0.6) is 6.01 Å². The summed E-state index contributed by atoms with van der Waals surface area (Å²) in [5.41, 5.74) is 3.89. The predicted octanol–water partition coefficient (Wildman–Crippen LogP) is 4.96. The molecule has 0 saturated heterocycles. The predicted molar refractivity (Wildman–Crippen MR) is 137 cm³/mol. The van der Waals surface area contributed by atoms with Crippen LogP contribution in [0, 0.1) is 0 Å². The van der Waals surface area contributed by atoms with Gasteiger partial charge in [0.05, 0.1) is 12.6 Å². The van der Waals surface area contributed by atoms with E-state index in [2.05, 4.69) is 57.5 Å². The molecule has 4 rings (SSSR count). The van der Waals surface area contributed by atoms with E-state index in [1.165, 1.54) is 0 Å². The Balaban J connectivity index is 1.62. The van der Waals surface area contributed by atoms with Crippen LogP contribution in [0.15, 0.2) is 54.6 Å². The van der Waals surface area contributed by atoms with Gasteiger partial charge in [-0.25, -0.2) is 0 Å². The molecule has 7 nitrogen and oxygen atoms in total. The average Bonchev–Trinajstić information content (AvgIpc) is 3.71. The fourth-order valence-electron chi connectivity index (χ4n) is 3.98. The number of amides is 1. The van der Waals surface area contributed by atoms with E-state index in [0.717, 1.165) is 60.2 Å². The zero-order valence-electron chi connectivity index (χ0n) is 20.2. The van der Waals surface area contributed by atoms with Gasteiger partial charge >= 0.3 is 6.01 Å². The van der Waals surface area contributed by atoms with Gasteiger partial charge in [-0.15, -0.1) is 0 Å². The molecule has 1 aliphatic rings. The molecule has 3 aromatic rings. The minimum absolute atomic E-state index is 0.123. The van der Waals surface area contributed by atoms with Crippen LogP contribution < -0.4 is 15.4 Å². The van der Waals surface area contributed by atoms with Crippen LogP contribution in [-0.4, -0.2) is 47.5 Å². The highest BCUT2D eigenvalue weighted by atomic mass is 16.5. The number of likely N-dealkylation sites (N-methyl/N-ethyl adjacent to an activating group) is 1. The van der Waals surface area contributed by atoms with Crippen molar-refractivity contribution in [3.05, 3.63) is 65.7 Å². The van der Waals surface area contributed by atoms with Crippen LogP contribution >= 0.6 is 0 Å². The Hall–Kier alpha value is -3.45.